The van der Waals surface area contributed by atoms with Gasteiger partial charge in [-0.1, -0.05) is 29.4 Å². The predicted molar refractivity (Wildman–Crippen MR) is 165 cm³/mol. The molecule has 4 aromatic rings. The highest BCUT2D eigenvalue weighted by atomic mass is 35.5. The number of rotatable bonds is 5. The van der Waals surface area contributed by atoms with E-state index in [9.17, 15) is 4.79 Å². The molecular formula is C32H36ClN5O3. The zero-order valence-electron chi connectivity index (χ0n) is 24.1. The fourth-order valence-electron chi connectivity index (χ4n) is 6.04. The van der Waals surface area contributed by atoms with Crippen LogP contribution in [-0.4, -0.2) is 54.9 Å². The van der Waals surface area contributed by atoms with Crippen molar-refractivity contribution >= 4 is 29.7 Å². The van der Waals surface area contributed by atoms with E-state index >= 15 is 0 Å². The highest BCUT2D eigenvalue weighted by molar-refractivity contribution is 6.08. The van der Waals surface area contributed by atoms with Crippen molar-refractivity contribution in [1.82, 2.24) is 15.5 Å². The van der Waals surface area contributed by atoms with Crippen LogP contribution in [0.15, 0.2) is 59.1 Å². The fraction of sp³-hybridized carbons (Fsp3) is 0.344. The second kappa shape index (κ2) is 11.5. The molecule has 0 saturated carbocycles. The number of anilines is 2. The lowest BCUT2D eigenvalue weighted by Gasteiger charge is -2.38. The molecule has 2 aliphatic heterocycles. The van der Waals surface area contributed by atoms with Crippen LogP contribution in [-0.2, 0) is 6.42 Å². The first kappa shape index (κ1) is 28.6. The van der Waals surface area contributed by atoms with Crippen molar-refractivity contribution in [2.24, 2.45) is 0 Å². The lowest BCUT2D eigenvalue weighted by atomic mass is 9.97. The molecule has 1 N–H and O–H groups in total. The smallest absolute Gasteiger partial charge is 0.258 e. The summed E-state index contributed by atoms with van der Waals surface area (Å²) in [4.78, 5) is 22.3. The van der Waals surface area contributed by atoms with Crippen LogP contribution < -0.4 is 19.9 Å². The Kier molecular flexibility index (Phi) is 8.07. The molecule has 0 radical (unpaired) electrons. The molecule has 1 aromatic heterocycles. The van der Waals surface area contributed by atoms with E-state index < -0.39 is 0 Å². The van der Waals surface area contributed by atoms with Gasteiger partial charge in [-0.15, -0.1) is 12.4 Å². The molecule has 1 amide bonds. The maximum absolute atomic E-state index is 13.7. The van der Waals surface area contributed by atoms with E-state index in [2.05, 4.69) is 65.4 Å². The van der Waals surface area contributed by atoms with E-state index in [4.69, 9.17) is 9.26 Å². The van der Waals surface area contributed by atoms with Crippen molar-refractivity contribution in [3.05, 3.63) is 77.2 Å². The third-order valence-corrected chi connectivity index (χ3v) is 7.87. The molecule has 6 rings (SSSR count). The summed E-state index contributed by atoms with van der Waals surface area (Å²) in [5.74, 6) is 2.01. The van der Waals surface area contributed by atoms with Crippen LogP contribution in [0.1, 0.15) is 41.2 Å². The number of carbonyl (C=O) groups is 1. The van der Waals surface area contributed by atoms with Gasteiger partial charge in [0.25, 0.3) is 5.91 Å². The molecule has 3 aromatic carbocycles. The average molecular weight is 574 g/mol. The van der Waals surface area contributed by atoms with Gasteiger partial charge in [0.05, 0.1) is 12.8 Å². The van der Waals surface area contributed by atoms with Gasteiger partial charge in [-0.05, 0) is 79.8 Å². The first-order chi connectivity index (χ1) is 19.3. The van der Waals surface area contributed by atoms with E-state index in [1.54, 1.807) is 14.0 Å². The SMILES string of the molecule is COc1cc2c(cc1N1C[C@@H](C)N[C@@H](C)C1)N(C(=O)c1ccc(-c3ccc(-c4noc(C)n4)cc3C)cc1)CC2.Cl. The van der Waals surface area contributed by atoms with Crippen LogP contribution in [0.2, 0.25) is 0 Å². The summed E-state index contributed by atoms with van der Waals surface area (Å²) >= 11 is 0. The van der Waals surface area contributed by atoms with Gasteiger partial charge in [0.2, 0.25) is 11.7 Å². The van der Waals surface area contributed by atoms with E-state index in [1.165, 1.54) is 0 Å². The summed E-state index contributed by atoms with van der Waals surface area (Å²) in [6.07, 6.45) is 0.815. The van der Waals surface area contributed by atoms with Crippen molar-refractivity contribution in [2.45, 2.75) is 46.2 Å². The number of benzene rings is 3. The minimum atomic E-state index is 0. The van der Waals surface area contributed by atoms with E-state index in [-0.39, 0.29) is 18.3 Å². The van der Waals surface area contributed by atoms with Gasteiger partial charge in [0.1, 0.15) is 5.75 Å². The van der Waals surface area contributed by atoms with Gasteiger partial charge in [-0.25, -0.2) is 0 Å². The molecule has 0 spiro atoms. The number of fused-ring (bicyclic) bond motifs is 1. The third kappa shape index (κ3) is 5.54. The van der Waals surface area contributed by atoms with Crippen LogP contribution >= 0.6 is 12.4 Å². The first-order valence-electron chi connectivity index (χ1n) is 13.9. The van der Waals surface area contributed by atoms with E-state index in [0.29, 0.717) is 35.9 Å². The Labute approximate surface area is 247 Å². The summed E-state index contributed by atoms with van der Waals surface area (Å²) in [6.45, 7) is 10.7. The standard InChI is InChI=1S/C32H35N5O3.ClH/c1-19-14-26(31-34-22(4)40-35-31)10-11-27(19)23-6-8-24(9-7-23)32(38)37-13-12-25-15-30(39-5)29(16-28(25)37)36-17-20(2)33-21(3)18-36;/h6-11,14-16,20-21,33H,12-13,17-18H2,1-5H3;1H/t20-,21+;. The number of aryl methyl sites for hydroxylation is 2. The average Bonchev–Trinajstić information content (AvgIpc) is 3.57. The van der Waals surface area contributed by atoms with E-state index in [0.717, 1.165) is 64.5 Å². The number of piperazine rings is 1. The Morgan fingerprint density at radius 2 is 1.68 bits per heavy atom. The number of hydrogen-bond donors (Lipinski definition) is 1. The largest absolute Gasteiger partial charge is 0.495 e. The topological polar surface area (TPSA) is 83.7 Å². The molecule has 41 heavy (non-hydrogen) atoms. The minimum absolute atomic E-state index is 0. The number of halogens is 1. The summed E-state index contributed by atoms with van der Waals surface area (Å²) in [6, 6.07) is 19.0. The van der Waals surface area contributed by atoms with Gasteiger partial charge in [-0.2, -0.15) is 4.98 Å². The molecule has 2 atom stereocenters. The number of aromatic nitrogens is 2. The summed E-state index contributed by atoms with van der Waals surface area (Å²) < 4.78 is 10.9. The zero-order chi connectivity index (χ0) is 28.0. The Bertz CT molecular complexity index is 1560. The Morgan fingerprint density at radius 3 is 2.32 bits per heavy atom. The number of methoxy groups -OCH3 is 1. The summed E-state index contributed by atoms with van der Waals surface area (Å²) in [5.41, 5.74) is 8.03. The van der Waals surface area contributed by atoms with Crippen LogP contribution in [0.25, 0.3) is 22.5 Å². The van der Waals surface area contributed by atoms with Crippen molar-refractivity contribution < 1.29 is 14.1 Å². The van der Waals surface area contributed by atoms with Gasteiger partial charge >= 0.3 is 0 Å². The van der Waals surface area contributed by atoms with Crippen LogP contribution in [0.4, 0.5) is 11.4 Å². The summed E-state index contributed by atoms with van der Waals surface area (Å²) in [7, 11) is 1.72. The fourth-order valence-corrected chi connectivity index (χ4v) is 6.04. The highest BCUT2D eigenvalue weighted by Gasteiger charge is 2.30. The second-order valence-electron chi connectivity index (χ2n) is 11.0. The second-order valence-corrected chi connectivity index (χ2v) is 11.0. The maximum Gasteiger partial charge on any atom is 0.258 e. The predicted octanol–water partition coefficient (Wildman–Crippen LogP) is 5.84. The van der Waals surface area contributed by atoms with Gasteiger partial charge in [0, 0.05) is 55.5 Å². The number of nitrogens with one attached hydrogen (secondary N) is 1. The van der Waals surface area contributed by atoms with Gasteiger partial charge < -0.3 is 24.4 Å². The first-order valence-corrected chi connectivity index (χ1v) is 13.9. The van der Waals surface area contributed by atoms with Crippen LogP contribution in [0, 0.1) is 13.8 Å². The molecule has 214 valence electrons. The Morgan fingerprint density at radius 1 is 0.976 bits per heavy atom. The lowest BCUT2D eigenvalue weighted by molar-refractivity contribution is 0.0989. The van der Waals surface area contributed by atoms with Crippen LogP contribution in [0.3, 0.4) is 0 Å². The number of nitrogens with zero attached hydrogens (tertiary/aromatic N) is 4. The van der Waals surface area contributed by atoms with Gasteiger partial charge in [0.15, 0.2) is 0 Å². The van der Waals surface area contributed by atoms with Crippen molar-refractivity contribution in [3.8, 4) is 28.3 Å². The third-order valence-electron chi connectivity index (χ3n) is 7.87. The monoisotopic (exact) mass is 573 g/mol. The molecule has 3 heterocycles. The zero-order valence-corrected chi connectivity index (χ0v) is 24.9. The normalized spacial score (nSPS) is 18.2. The van der Waals surface area contributed by atoms with Crippen molar-refractivity contribution in [3.63, 3.8) is 0 Å². The van der Waals surface area contributed by atoms with Crippen LogP contribution in [0.5, 0.6) is 5.75 Å². The molecule has 0 bridgehead atoms. The lowest BCUT2D eigenvalue weighted by Crippen LogP contribution is -2.54. The highest BCUT2D eigenvalue weighted by Crippen LogP contribution is 2.40. The summed E-state index contributed by atoms with van der Waals surface area (Å²) in [5, 5.41) is 7.61. The molecule has 2 aliphatic rings. The quantitative estimate of drug-likeness (QED) is 0.321. The number of carbonyl (C=O) groups excluding carboxylic acids is 1. The Hall–Kier alpha value is -3.88. The number of hydrogen-bond acceptors (Lipinski definition) is 7. The number of amides is 1. The molecule has 1 saturated heterocycles. The molecule has 0 unspecified atom stereocenters. The number of ether oxygens (including phenoxy) is 1. The maximum atomic E-state index is 13.7. The molecule has 0 aliphatic carbocycles. The molecule has 8 nitrogen and oxygen atoms in total. The van der Waals surface area contributed by atoms with Crippen molar-refractivity contribution in [2.75, 3.05) is 36.5 Å². The minimum Gasteiger partial charge on any atom is -0.495 e. The molecular weight excluding hydrogens is 538 g/mol. The molecule has 1 fully saturated rings. The van der Waals surface area contributed by atoms with Gasteiger partial charge in [-0.3, -0.25) is 4.79 Å². The van der Waals surface area contributed by atoms with E-state index in [1.807, 2.05) is 35.2 Å². The Balaban J connectivity index is 0.00000337. The molecule has 9 heteroatoms. The van der Waals surface area contributed by atoms with Crippen molar-refractivity contribution in [1.29, 1.82) is 0 Å².